The van der Waals surface area contributed by atoms with Crippen LogP contribution in [0.3, 0.4) is 0 Å². The molecule has 3 N–H and O–H groups in total. The number of non-ortho nitro benzene ring substituents is 1. The molecule has 0 unspecified atom stereocenters. The number of hydrogen-bond donors (Lipinski definition) is 3. The van der Waals surface area contributed by atoms with Gasteiger partial charge in [-0.1, -0.05) is 13.8 Å². The Morgan fingerprint density at radius 2 is 1.96 bits per heavy atom. The number of nitrogens with zero attached hydrogens (tertiary/aromatic N) is 2. The van der Waals surface area contributed by atoms with Gasteiger partial charge in [-0.2, -0.15) is 0 Å². The lowest BCUT2D eigenvalue weighted by molar-refractivity contribution is -0.394. The average Bonchev–Trinajstić information content (AvgIpc) is 3.10. The van der Waals surface area contributed by atoms with Crippen molar-refractivity contribution in [2.75, 3.05) is 6.54 Å². The van der Waals surface area contributed by atoms with Crippen LogP contribution in [0.5, 0.6) is 0 Å². The molecule has 2 atom stereocenters. The topological polar surface area (TPSA) is 165 Å². The Balaban J connectivity index is 2.49. The highest BCUT2D eigenvalue weighted by Gasteiger charge is 2.48. The highest BCUT2D eigenvalue weighted by Crippen LogP contribution is 2.38. The second-order valence-electron chi connectivity index (χ2n) is 7.15. The number of benzene rings is 1. The summed E-state index contributed by atoms with van der Waals surface area (Å²) < 4.78 is 0. The van der Waals surface area contributed by atoms with Gasteiger partial charge >= 0.3 is 5.97 Å². The summed E-state index contributed by atoms with van der Waals surface area (Å²) >= 11 is 0. The van der Waals surface area contributed by atoms with Crippen LogP contribution in [-0.4, -0.2) is 39.4 Å². The number of carboxylic acid groups (broad SMARTS) is 1. The van der Waals surface area contributed by atoms with Crippen LogP contribution in [0.2, 0.25) is 0 Å². The molecular weight excluding hydrogens is 372 g/mol. The Hall–Kier alpha value is -3.08. The van der Waals surface area contributed by atoms with Gasteiger partial charge in [0.1, 0.15) is 11.6 Å². The van der Waals surface area contributed by atoms with Crippen molar-refractivity contribution in [3.05, 3.63) is 44.0 Å². The number of aliphatic carboxylic acids is 1. The maximum atomic E-state index is 13.1. The van der Waals surface area contributed by atoms with Gasteiger partial charge in [0.25, 0.3) is 11.4 Å². The summed E-state index contributed by atoms with van der Waals surface area (Å²) in [6.07, 6.45) is 0.925. The number of hydrogen-bond acceptors (Lipinski definition) is 7. The fraction of sp³-hybridized carbons (Fsp3) is 0.529. The molecule has 1 aromatic carbocycles. The second kappa shape index (κ2) is 8.30. The van der Waals surface area contributed by atoms with Gasteiger partial charge in [0.2, 0.25) is 5.91 Å². The molecule has 11 heteroatoms. The number of carboxylic acids is 1. The van der Waals surface area contributed by atoms with Crippen molar-refractivity contribution in [3.8, 4) is 0 Å². The molecule has 2 rings (SSSR count). The minimum absolute atomic E-state index is 0.00241. The molecule has 11 nitrogen and oxygen atoms in total. The zero-order valence-electron chi connectivity index (χ0n) is 15.5. The van der Waals surface area contributed by atoms with E-state index in [2.05, 4.69) is 10.6 Å². The summed E-state index contributed by atoms with van der Waals surface area (Å²) in [4.78, 5) is 45.5. The fourth-order valence-corrected chi connectivity index (χ4v) is 3.41. The molecule has 0 aliphatic carbocycles. The number of amides is 1. The van der Waals surface area contributed by atoms with Gasteiger partial charge in [0.05, 0.1) is 21.5 Å². The van der Waals surface area contributed by atoms with Gasteiger partial charge in [-0.3, -0.25) is 30.3 Å². The van der Waals surface area contributed by atoms with Gasteiger partial charge in [-0.15, -0.1) is 0 Å². The molecule has 0 radical (unpaired) electrons. The van der Waals surface area contributed by atoms with Crippen molar-refractivity contribution in [1.82, 2.24) is 10.6 Å². The predicted molar refractivity (Wildman–Crippen MR) is 97.7 cm³/mol. The van der Waals surface area contributed by atoms with Gasteiger partial charge in [-0.25, -0.2) is 4.79 Å². The van der Waals surface area contributed by atoms with E-state index in [-0.39, 0.29) is 24.3 Å². The molecule has 1 aliphatic rings. The molecule has 0 bridgehead atoms. The van der Waals surface area contributed by atoms with Crippen LogP contribution in [0.15, 0.2) is 18.2 Å². The van der Waals surface area contributed by atoms with Crippen LogP contribution in [0.25, 0.3) is 0 Å². The highest BCUT2D eigenvalue weighted by molar-refractivity contribution is 5.92. The molecule has 1 fully saturated rings. The third-order valence-electron chi connectivity index (χ3n) is 4.70. The smallest absolute Gasteiger partial charge is 0.326 e. The van der Waals surface area contributed by atoms with Crippen LogP contribution in [0, 0.1) is 26.1 Å². The van der Waals surface area contributed by atoms with Crippen molar-refractivity contribution >= 4 is 23.3 Å². The molecule has 1 heterocycles. The highest BCUT2D eigenvalue weighted by atomic mass is 16.6. The number of nitro benzene ring substituents is 2. The Kier molecular flexibility index (Phi) is 6.29. The third-order valence-corrected chi connectivity index (χ3v) is 4.70. The molecule has 1 amide bonds. The average molecular weight is 394 g/mol. The first-order chi connectivity index (χ1) is 13.1. The zero-order valence-corrected chi connectivity index (χ0v) is 15.5. The van der Waals surface area contributed by atoms with Crippen LogP contribution in [0.1, 0.15) is 38.7 Å². The largest absolute Gasteiger partial charge is 0.480 e. The van der Waals surface area contributed by atoms with E-state index < -0.39 is 44.7 Å². The number of nitro groups is 2. The molecule has 0 saturated carbocycles. The SMILES string of the molecule is CC(C)C[C@H](NC(=O)[C@]1(c2ccc([N+](=O)[O-])cc2[N+](=O)[O-])CCCN1)C(=O)O. The van der Waals surface area contributed by atoms with Crippen molar-refractivity contribution in [2.24, 2.45) is 5.92 Å². The van der Waals surface area contributed by atoms with E-state index in [0.29, 0.717) is 13.0 Å². The minimum atomic E-state index is -1.53. The minimum Gasteiger partial charge on any atom is -0.480 e. The number of nitrogens with one attached hydrogen (secondary N) is 2. The van der Waals surface area contributed by atoms with Crippen molar-refractivity contribution in [2.45, 2.75) is 44.7 Å². The molecular formula is C17H22N4O7. The Morgan fingerprint density at radius 1 is 1.29 bits per heavy atom. The van der Waals surface area contributed by atoms with Crippen LogP contribution in [0.4, 0.5) is 11.4 Å². The summed E-state index contributed by atoms with van der Waals surface area (Å²) in [7, 11) is 0. The Bertz CT molecular complexity index is 803. The van der Waals surface area contributed by atoms with E-state index in [1.54, 1.807) is 0 Å². The van der Waals surface area contributed by atoms with Gasteiger partial charge in [0.15, 0.2) is 0 Å². The van der Waals surface area contributed by atoms with Crippen molar-refractivity contribution in [3.63, 3.8) is 0 Å². The third kappa shape index (κ3) is 4.25. The first-order valence-electron chi connectivity index (χ1n) is 8.80. The van der Waals surface area contributed by atoms with Crippen LogP contribution in [-0.2, 0) is 15.1 Å². The molecule has 28 heavy (non-hydrogen) atoms. The molecule has 0 spiro atoms. The van der Waals surface area contributed by atoms with Crippen molar-refractivity contribution in [1.29, 1.82) is 0 Å². The van der Waals surface area contributed by atoms with E-state index >= 15 is 0 Å². The van der Waals surface area contributed by atoms with E-state index in [1.165, 1.54) is 6.07 Å². The first kappa shape index (κ1) is 21.2. The summed E-state index contributed by atoms with van der Waals surface area (Å²) in [5.74, 6) is -1.90. The lowest BCUT2D eigenvalue weighted by Crippen LogP contribution is -2.55. The van der Waals surface area contributed by atoms with E-state index in [9.17, 15) is 34.9 Å². The summed E-state index contributed by atoms with van der Waals surface area (Å²) in [6, 6.07) is 1.95. The fourth-order valence-electron chi connectivity index (χ4n) is 3.41. The Morgan fingerprint density at radius 3 is 2.43 bits per heavy atom. The van der Waals surface area contributed by atoms with Crippen LogP contribution < -0.4 is 10.6 Å². The molecule has 1 aliphatic heterocycles. The molecule has 1 aromatic rings. The summed E-state index contributed by atoms with van der Waals surface area (Å²) in [5, 5.41) is 37.3. The normalized spacial score (nSPS) is 20.0. The standard InChI is InChI=1S/C17H22N4O7/c1-10(2)8-13(15(22)23)19-16(24)17(6-3-7-18-17)12-5-4-11(20(25)26)9-14(12)21(27)28/h4-5,9-10,13,18H,3,6-8H2,1-2H3,(H,19,24)(H,22,23)/t13-,17+/m0/s1. The Labute approximate surface area is 160 Å². The maximum absolute atomic E-state index is 13.1. The number of carbonyl (C=O) groups is 2. The van der Waals surface area contributed by atoms with E-state index in [1.807, 2.05) is 13.8 Å². The lowest BCUT2D eigenvalue weighted by atomic mass is 9.85. The van der Waals surface area contributed by atoms with Gasteiger partial charge < -0.3 is 10.4 Å². The molecule has 1 saturated heterocycles. The first-order valence-corrected chi connectivity index (χ1v) is 8.80. The van der Waals surface area contributed by atoms with E-state index in [4.69, 9.17) is 0 Å². The summed E-state index contributed by atoms with van der Waals surface area (Å²) in [5.41, 5.74) is -2.57. The van der Waals surface area contributed by atoms with E-state index in [0.717, 1.165) is 12.1 Å². The van der Waals surface area contributed by atoms with Gasteiger partial charge in [0, 0.05) is 6.07 Å². The molecule has 0 aromatic heterocycles. The maximum Gasteiger partial charge on any atom is 0.326 e. The predicted octanol–water partition coefficient (Wildman–Crippen LogP) is 1.70. The lowest BCUT2D eigenvalue weighted by Gasteiger charge is -2.30. The quantitative estimate of drug-likeness (QED) is 0.442. The van der Waals surface area contributed by atoms with Crippen LogP contribution >= 0.6 is 0 Å². The monoisotopic (exact) mass is 394 g/mol. The zero-order chi connectivity index (χ0) is 21.1. The second-order valence-corrected chi connectivity index (χ2v) is 7.15. The number of rotatable bonds is 8. The summed E-state index contributed by atoms with van der Waals surface area (Å²) in [6.45, 7) is 4.02. The van der Waals surface area contributed by atoms with Crippen molar-refractivity contribution < 1.29 is 24.5 Å². The molecule has 152 valence electrons. The van der Waals surface area contributed by atoms with Gasteiger partial charge in [-0.05, 0) is 37.8 Å². The number of carbonyl (C=O) groups excluding carboxylic acids is 1.